The monoisotopic (exact) mass is 408 g/mol. The summed E-state index contributed by atoms with van der Waals surface area (Å²) in [4.78, 5) is 25.7. The highest BCUT2D eigenvalue weighted by Gasteiger charge is 2.33. The number of aromatic nitrogens is 4. The molecule has 0 spiro atoms. The number of H-pyrrole nitrogens is 1. The van der Waals surface area contributed by atoms with Crippen molar-refractivity contribution in [1.29, 1.82) is 5.26 Å². The molecule has 0 amide bonds. The van der Waals surface area contributed by atoms with Crippen molar-refractivity contribution in [3.05, 3.63) is 52.5 Å². The summed E-state index contributed by atoms with van der Waals surface area (Å²) in [5.41, 5.74) is 0.641. The van der Waals surface area contributed by atoms with Gasteiger partial charge in [0.05, 0.1) is 17.7 Å². The fourth-order valence-electron chi connectivity index (χ4n) is 3.33. The number of aliphatic imine (C=N–C) groups is 1. The van der Waals surface area contributed by atoms with E-state index < -0.39 is 0 Å². The third kappa shape index (κ3) is 3.61. The standard InChI is InChI=1S/C20H21FN8O/c1-20(2,3)29-17-15(8-24-29)18(30)27-16(26-17)12-9-28(10-12)19(23-11-22)25-14-6-4-13(21)5-7-14/h4-8,12H,9-10H2,1-3H3,(H,23,25)(H,26,27,30). The van der Waals surface area contributed by atoms with Crippen LogP contribution in [0.5, 0.6) is 0 Å². The maximum atomic E-state index is 13.1. The topological polar surface area (TPSA) is 115 Å². The maximum absolute atomic E-state index is 13.1. The van der Waals surface area contributed by atoms with Gasteiger partial charge in [-0.3, -0.25) is 4.79 Å². The van der Waals surface area contributed by atoms with Crippen LogP contribution in [0.15, 0.2) is 40.2 Å². The molecular weight excluding hydrogens is 387 g/mol. The summed E-state index contributed by atoms with van der Waals surface area (Å²) < 4.78 is 14.9. The maximum Gasteiger partial charge on any atom is 0.262 e. The van der Waals surface area contributed by atoms with E-state index >= 15 is 0 Å². The summed E-state index contributed by atoms with van der Waals surface area (Å²) >= 11 is 0. The average molecular weight is 408 g/mol. The molecule has 10 heteroatoms. The van der Waals surface area contributed by atoms with Gasteiger partial charge in [0.2, 0.25) is 12.2 Å². The first-order valence-corrected chi connectivity index (χ1v) is 9.49. The molecular formula is C20H21FN8O. The third-order valence-electron chi connectivity index (χ3n) is 4.92. The van der Waals surface area contributed by atoms with Gasteiger partial charge in [0.1, 0.15) is 17.0 Å². The number of likely N-dealkylation sites (tertiary alicyclic amines) is 1. The highest BCUT2D eigenvalue weighted by atomic mass is 19.1. The normalized spacial score (nSPS) is 15.2. The number of benzene rings is 1. The fraction of sp³-hybridized carbons (Fsp3) is 0.350. The smallest absolute Gasteiger partial charge is 0.262 e. The molecule has 30 heavy (non-hydrogen) atoms. The van der Waals surface area contributed by atoms with E-state index in [-0.39, 0.29) is 22.8 Å². The molecule has 1 aliphatic rings. The molecule has 0 saturated carbocycles. The van der Waals surface area contributed by atoms with Crippen molar-refractivity contribution >= 4 is 22.7 Å². The molecule has 0 unspecified atom stereocenters. The molecule has 9 nitrogen and oxygen atoms in total. The van der Waals surface area contributed by atoms with Gasteiger partial charge >= 0.3 is 0 Å². The van der Waals surface area contributed by atoms with Gasteiger partial charge in [-0.25, -0.2) is 14.1 Å². The number of hydrogen-bond donors (Lipinski definition) is 2. The van der Waals surface area contributed by atoms with E-state index in [0.717, 1.165) is 0 Å². The van der Waals surface area contributed by atoms with Gasteiger partial charge in [0.25, 0.3) is 5.56 Å². The van der Waals surface area contributed by atoms with Crippen molar-refractivity contribution in [3.8, 4) is 6.19 Å². The van der Waals surface area contributed by atoms with Gasteiger partial charge in [-0.05, 0) is 45.0 Å². The predicted octanol–water partition coefficient (Wildman–Crippen LogP) is 2.36. The minimum atomic E-state index is -0.344. The number of hydrogen-bond acceptors (Lipinski definition) is 5. The summed E-state index contributed by atoms with van der Waals surface area (Å²) in [6.07, 6.45) is 3.32. The summed E-state index contributed by atoms with van der Waals surface area (Å²) in [7, 11) is 0. The molecule has 0 bridgehead atoms. The molecule has 3 aromatic rings. The lowest BCUT2D eigenvalue weighted by molar-refractivity contribution is 0.243. The molecule has 1 saturated heterocycles. The molecule has 154 valence electrons. The molecule has 2 N–H and O–H groups in total. The number of rotatable bonds is 2. The summed E-state index contributed by atoms with van der Waals surface area (Å²) in [6, 6.07) is 5.79. The van der Waals surface area contributed by atoms with Crippen LogP contribution in [0.1, 0.15) is 32.5 Å². The Bertz CT molecular complexity index is 1210. The Kier molecular flexibility index (Phi) is 4.73. The van der Waals surface area contributed by atoms with Gasteiger partial charge in [0.15, 0.2) is 5.65 Å². The largest absolute Gasteiger partial charge is 0.340 e. The van der Waals surface area contributed by atoms with Crippen molar-refractivity contribution in [1.82, 2.24) is 24.6 Å². The second-order valence-electron chi connectivity index (χ2n) is 8.18. The first kappa shape index (κ1) is 19.6. The number of anilines is 1. The first-order chi connectivity index (χ1) is 14.3. The lowest BCUT2D eigenvalue weighted by Crippen LogP contribution is -2.51. The zero-order chi connectivity index (χ0) is 21.5. The Balaban J connectivity index is 1.55. The molecule has 1 aromatic carbocycles. The number of aromatic amines is 1. The van der Waals surface area contributed by atoms with Gasteiger partial charge < -0.3 is 15.2 Å². The molecule has 1 aliphatic heterocycles. The Hall–Kier alpha value is -3.74. The predicted molar refractivity (Wildman–Crippen MR) is 111 cm³/mol. The first-order valence-electron chi connectivity index (χ1n) is 9.49. The van der Waals surface area contributed by atoms with Crippen molar-refractivity contribution in [2.75, 3.05) is 18.4 Å². The lowest BCUT2D eigenvalue weighted by Gasteiger charge is -2.40. The van der Waals surface area contributed by atoms with Crippen LogP contribution in [-0.2, 0) is 5.54 Å². The molecule has 1 fully saturated rings. The van der Waals surface area contributed by atoms with Crippen molar-refractivity contribution in [2.45, 2.75) is 32.2 Å². The van der Waals surface area contributed by atoms with Crippen LogP contribution in [0.2, 0.25) is 0 Å². The Morgan fingerprint density at radius 1 is 1.33 bits per heavy atom. The van der Waals surface area contributed by atoms with E-state index in [9.17, 15) is 9.18 Å². The van der Waals surface area contributed by atoms with E-state index in [2.05, 4.69) is 25.4 Å². The highest BCUT2D eigenvalue weighted by molar-refractivity contribution is 5.94. The van der Waals surface area contributed by atoms with E-state index in [1.54, 1.807) is 23.0 Å². The van der Waals surface area contributed by atoms with Crippen LogP contribution < -0.4 is 10.9 Å². The quantitative estimate of drug-likeness (QED) is 0.382. The SMILES string of the molecule is CC(C)(C)n1ncc2c(=O)[nH]c(C3CN(/C(=N\C#N)Nc4ccc(F)cc4)C3)nc21. The van der Waals surface area contributed by atoms with Crippen LogP contribution in [-0.4, -0.2) is 43.7 Å². The second-order valence-corrected chi connectivity index (χ2v) is 8.18. The van der Waals surface area contributed by atoms with E-state index in [1.807, 2.05) is 25.7 Å². The number of halogens is 1. The Morgan fingerprint density at radius 3 is 2.67 bits per heavy atom. The van der Waals surface area contributed by atoms with E-state index in [1.165, 1.54) is 18.3 Å². The highest BCUT2D eigenvalue weighted by Crippen LogP contribution is 2.26. The number of nitrogens with one attached hydrogen (secondary N) is 2. The molecule has 4 rings (SSSR count). The Morgan fingerprint density at radius 2 is 2.03 bits per heavy atom. The zero-order valence-electron chi connectivity index (χ0n) is 16.8. The molecule has 2 aromatic heterocycles. The van der Waals surface area contributed by atoms with E-state index in [0.29, 0.717) is 41.6 Å². The minimum Gasteiger partial charge on any atom is -0.340 e. The minimum absolute atomic E-state index is 0.0238. The second kappa shape index (κ2) is 7.26. The molecule has 0 atom stereocenters. The number of nitriles is 1. The summed E-state index contributed by atoms with van der Waals surface area (Å²) in [5, 5.41) is 16.8. The average Bonchev–Trinajstić information content (AvgIpc) is 3.07. The van der Waals surface area contributed by atoms with Crippen LogP contribution in [0, 0.1) is 17.3 Å². The van der Waals surface area contributed by atoms with Crippen LogP contribution in [0.25, 0.3) is 11.0 Å². The van der Waals surface area contributed by atoms with Crippen molar-refractivity contribution in [3.63, 3.8) is 0 Å². The fourth-order valence-corrected chi connectivity index (χ4v) is 3.33. The third-order valence-corrected chi connectivity index (χ3v) is 4.92. The zero-order valence-corrected chi connectivity index (χ0v) is 16.8. The van der Waals surface area contributed by atoms with Crippen molar-refractivity contribution < 1.29 is 4.39 Å². The lowest BCUT2D eigenvalue weighted by atomic mass is 9.99. The Labute approximate surface area is 171 Å². The van der Waals surface area contributed by atoms with Gasteiger partial charge in [-0.15, -0.1) is 4.99 Å². The number of nitrogens with zero attached hydrogens (tertiary/aromatic N) is 6. The van der Waals surface area contributed by atoms with Crippen LogP contribution >= 0.6 is 0 Å². The van der Waals surface area contributed by atoms with Crippen molar-refractivity contribution in [2.24, 2.45) is 4.99 Å². The van der Waals surface area contributed by atoms with E-state index in [4.69, 9.17) is 5.26 Å². The van der Waals surface area contributed by atoms with Gasteiger partial charge in [-0.1, -0.05) is 0 Å². The molecule has 0 radical (unpaired) electrons. The van der Waals surface area contributed by atoms with Crippen LogP contribution in [0.4, 0.5) is 10.1 Å². The summed E-state index contributed by atoms with van der Waals surface area (Å²) in [6.45, 7) is 7.04. The number of fused-ring (bicyclic) bond motifs is 1. The molecule has 3 heterocycles. The van der Waals surface area contributed by atoms with Gasteiger partial charge in [-0.2, -0.15) is 10.4 Å². The number of guanidine groups is 1. The molecule has 0 aliphatic carbocycles. The van der Waals surface area contributed by atoms with Crippen LogP contribution in [0.3, 0.4) is 0 Å². The summed E-state index contributed by atoms with van der Waals surface area (Å²) in [5.74, 6) is 0.573. The van der Waals surface area contributed by atoms with Gasteiger partial charge in [0, 0.05) is 18.8 Å².